The molecule has 232 valence electrons. The molecule has 0 aliphatic carbocycles. The summed E-state index contributed by atoms with van der Waals surface area (Å²) in [6.45, 7) is 3.45. The molecule has 0 saturated carbocycles. The van der Waals surface area contributed by atoms with Crippen molar-refractivity contribution in [1.29, 1.82) is 0 Å². The summed E-state index contributed by atoms with van der Waals surface area (Å²) in [4.78, 5) is 46.6. The lowest BCUT2D eigenvalue weighted by molar-refractivity contribution is -0.139. The lowest BCUT2D eigenvalue weighted by Gasteiger charge is -2.44. The number of ether oxygens (including phenoxy) is 4. The zero-order valence-corrected chi connectivity index (χ0v) is 25.9. The van der Waals surface area contributed by atoms with E-state index in [1.807, 2.05) is 60.4 Å². The van der Waals surface area contributed by atoms with Gasteiger partial charge in [-0.3, -0.25) is 14.4 Å². The molecule has 2 aliphatic rings. The number of amides is 3. The van der Waals surface area contributed by atoms with E-state index in [0.717, 1.165) is 16.8 Å². The van der Waals surface area contributed by atoms with Gasteiger partial charge in [0.05, 0.1) is 46.0 Å². The largest absolute Gasteiger partial charge is 0.496 e. The van der Waals surface area contributed by atoms with Gasteiger partial charge in [-0.25, -0.2) is 0 Å². The maximum absolute atomic E-state index is 14.3. The molecule has 2 aliphatic heterocycles. The maximum atomic E-state index is 14.3. The lowest BCUT2D eigenvalue weighted by atomic mass is 9.82. The van der Waals surface area contributed by atoms with Crippen molar-refractivity contribution >= 4 is 23.4 Å². The van der Waals surface area contributed by atoms with Gasteiger partial charge in [0.1, 0.15) is 5.75 Å². The Morgan fingerprint density at radius 3 is 2.00 bits per heavy atom. The molecule has 44 heavy (non-hydrogen) atoms. The standard InChI is InChI=1S/C34H39N3O7/c1-22-10-12-23(13-11-22)37-29(38)17-15-25(30(37)24-8-6-7-9-27(24)41-2)33(39)35-18-20-36(21-19-35)34(40)26-14-16-28(42-3)32(44-5)31(26)43-4/h6-14,16,25,30H,15,17-21H2,1-5H3. The molecule has 5 rings (SSSR count). The quantitative estimate of drug-likeness (QED) is 0.375. The molecule has 2 saturated heterocycles. The molecule has 0 radical (unpaired) electrons. The van der Waals surface area contributed by atoms with Gasteiger partial charge in [-0.15, -0.1) is 0 Å². The number of benzene rings is 3. The number of rotatable bonds is 8. The number of piperazine rings is 1. The van der Waals surface area contributed by atoms with Crippen molar-refractivity contribution in [2.45, 2.75) is 25.8 Å². The highest BCUT2D eigenvalue weighted by Crippen LogP contribution is 2.44. The molecular formula is C34H39N3O7. The third-order valence-electron chi connectivity index (χ3n) is 8.50. The molecule has 3 aromatic carbocycles. The molecule has 2 unspecified atom stereocenters. The van der Waals surface area contributed by atoms with E-state index >= 15 is 0 Å². The van der Waals surface area contributed by atoms with Crippen molar-refractivity contribution in [3.05, 3.63) is 77.4 Å². The van der Waals surface area contributed by atoms with Crippen LogP contribution in [0, 0.1) is 12.8 Å². The van der Waals surface area contributed by atoms with Crippen molar-refractivity contribution < 1.29 is 33.3 Å². The molecule has 0 bridgehead atoms. The molecule has 2 atom stereocenters. The average Bonchev–Trinajstić information content (AvgIpc) is 3.07. The Hall–Kier alpha value is -4.73. The van der Waals surface area contributed by atoms with Crippen molar-refractivity contribution in [3.8, 4) is 23.0 Å². The van der Waals surface area contributed by atoms with E-state index in [-0.39, 0.29) is 24.1 Å². The van der Waals surface area contributed by atoms with Crippen LogP contribution in [0.2, 0.25) is 0 Å². The van der Waals surface area contributed by atoms with Gasteiger partial charge in [0, 0.05) is 43.9 Å². The number of carbonyl (C=O) groups is 3. The first-order valence-electron chi connectivity index (χ1n) is 14.7. The molecule has 0 N–H and O–H groups in total. The second-order valence-corrected chi connectivity index (χ2v) is 10.9. The fraction of sp³-hybridized carbons (Fsp3) is 0.382. The van der Waals surface area contributed by atoms with Crippen LogP contribution in [0.15, 0.2) is 60.7 Å². The summed E-state index contributed by atoms with van der Waals surface area (Å²) in [7, 11) is 6.10. The molecular weight excluding hydrogens is 562 g/mol. The number of aryl methyl sites for hydroxylation is 1. The highest BCUT2D eigenvalue weighted by Gasteiger charge is 2.44. The minimum absolute atomic E-state index is 0.0342. The Labute approximate surface area is 258 Å². The monoisotopic (exact) mass is 601 g/mol. The van der Waals surface area contributed by atoms with E-state index in [2.05, 4.69) is 0 Å². The Morgan fingerprint density at radius 1 is 0.727 bits per heavy atom. The predicted molar refractivity (Wildman–Crippen MR) is 166 cm³/mol. The van der Waals surface area contributed by atoms with Gasteiger partial charge in [0.25, 0.3) is 5.91 Å². The second kappa shape index (κ2) is 13.3. The first-order valence-corrected chi connectivity index (χ1v) is 14.7. The van der Waals surface area contributed by atoms with Gasteiger partial charge in [-0.2, -0.15) is 0 Å². The molecule has 3 amide bonds. The van der Waals surface area contributed by atoms with Crippen LogP contribution in [-0.4, -0.2) is 82.1 Å². The molecule has 0 spiro atoms. The second-order valence-electron chi connectivity index (χ2n) is 10.9. The molecule has 10 heteroatoms. The van der Waals surface area contributed by atoms with Crippen LogP contribution in [0.3, 0.4) is 0 Å². The van der Waals surface area contributed by atoms with Gasteiger partial charge in [-0.05, 0) is 43.7 Å². The van der Waals surface area contributed by atoms with Crippen LogP contribution in [0.25, 0.3) is 0 Å². The maximum Gasteiger partial charge on any atom is 0.257 e. The average molecular weight is 602 g/mol. The lowest BCUT2D eigenvalue weighted by Crippen LogP contribution is -2.55. The summed E-state index contributed by atoms with van der Waals surface area (Å²) in [5.41, 5.74) is 2.98. The fourth-order valence-corrected chi connectivity index (χ4v) is 6.23. The van der Waals surface area contributed by atoms with Crippen molar-refractivity contribution in [2.24, 2.45) is 5.92 Å². The fourth-order valence-electron chi connectivity index (χ4n) is 6.23. The van der Waals surface area contributed by atoms with Gasteiger partial charge >= 0.3 is 0 Å². The Bertz CT molecular complexity index is 1520. The number of nitrogens with zero attached hydrogens (tertiary/aromatic N) is 3. The molecule has 3 aromatic rings. The van der Waals surface area contributed by atoms with E-state index < -0.39 is 12.0 Å². The van der Waals surface area contributed by atoms with Crippen molar-refractivity contribution in [1.82, 2.24) is 9.80 Å². The van der Waals surface area contributed by atoms with E-state index in [4.69, 9.17) is 18.9 Å². The topological polar surface area (TPSA) is 97.9 Å². The zero-order valence-electron chi connectivity index (χ0n) is 25.9. The first kappa shape index (κ1) is 30.7. The van der Waals surface area contributed by atoms with Crippen molar-refractivity contribution in [2.75, 3.05) is 59.5 Å². The van der Waals surface area contributed by atoms with Gasteiger partial charge in [0.2, 0.25) is 17.6 Å². The summed E-state index contributed by atoms with van der Waals surface area (Å²) < 4.78 is 22.1. The van der Waals surface area contributed by atoms with Crippen LogP contribution >= 0.6 is 0 Å². The summed E-state index contributed by atoms with van der Waals surface area (Å²) in [6, 6.07) is 18.2. The molecule has 2 fully saturated rings. The highest BCUT2D eigenvalue weighted by atomic mass is 16.5. The van der Waals surface area contributed by atoms with Gasteiger partial charge in [0.15, 0.2) is 11.5 Å². The molecule has 10 nitrogen and oxygen atoms in total. The normalized spacial score (nSPS) is 18.6. The van der Waals surface area contributed by atoms with E-state index in [9.17, 15) is 14.4 Å². The smallest absolute Gasteiger partial charge is 0.257 e. The SMILES string of the molecule is COc1ccccc1C1C(C(=O)N2CCN(C(=O)c3ccc(OC)c(OC)c3OC)CC2)CCC(=O)N1c1ccc(C)cc1. The van der Waals surface area contributed by atoms with Gasteiger partial charge in [-0.1, -0.05) is 35.9 Å². The summed E-state index contributed by atoms with van der Waals surface area (Å²) in [5, 5.41) is 0. The Kier molecular flexibility index (Phi) is 9.27. The van der Waals surface area contributed by atoms with Crippen LogP contribution < -0.4 is 23.8 Å². The number of piperidine rings is 1. The first-order chi connectivity index (χ1) is 21.3. The van der Waals surface area contributed by atoms with Crippen LogP contribution in [0.5, 0.6) is 23.0 Å². The van der Waals surface area contributed by atoms with Crippen LogP contribution in [0.4, 0.5) is 5.69 Å². The van der Waals surface area contributed by atoms with E-state index in [1.54, 1.807) is 29.0 Å². The number of para-hydroxylation sites is 1. The number of carbonyl (C=O) groups excluding carboxylic acids is 3. The minimum atomic E-state index is -0.543. The number of anilines is 1. The molecule has 2 heterocycles. The van der Waals surface area contributed by atoms with Crippen LogP contribution in [0.1, 0.15) is 40.4 Å². The van der Waals surface area contributed by atoms with E-state index in [0.29, 0.717) is 61.2 Å². The Morgan fingerprint density at radius 2 is 1.36 bits per heavy atom. The number of hydrogen-bond acceptors (Lipinski definition) is 7. The number of methoxy groups -OCH3 is 4. The summed E-state index contributed by atoms with van der Waals surface area (Å²) in [6.07, 6.45) is 0.679. The van der Waals surface area contributed by atoms with Crippen LogP contribution in [-0.2, 0) is 9.59 Å². The highest BCUT2D eigenvalue weighted by molar-refractivity contribution is 5.99. The van der Waals surface area contributed by atoms with Gasteiger partial charge < -0.3 is 33.6 Å². The van der Waals surface area contributed by atoms with E-state index in [1.165, 1.54) is 21.3 Å². The zero-order chi connectivity index (χ0) is 31.4. The third-order valence-corrected chi connectivity index (χ3v) is 8.50. The molecule has 0 aromatic heterocycles. The summed E-state index contributed by atoms with van der Waals surface area (Å²) in [5.74, 6) is 0.969. The minimum Gasteiger partial charge on any atom is -0.496 e. The summed E-state index contributed by atoms with van der Waals surface area (Å²) >= 11 is 0. The number of hydrogen-bond donors (Lipinski definition) is 0. The predicted octanol–water partition coefficient (Wildman–Crippen LogP) is 4.50. The third kappa shape index (κ3) is 5.76. The Balaban J connectivity index is 1.39. The van der Waals surface area contributed by atoms with Crippen molar-refractivity contribution in [3.63, 3.8) is 0 Å².